The van der Waals surface area contributed by atoms with Crippen LogP contribution < -0.4 is 11.1 Å². The zero-order valence-corrected chi connectivity index (χ0v) is 11.3. The van der Waals surface area contributed by atoms with Crippen molar-refractivity contribution in [2.24, 2.45) is 5.73 Å². The Morgan fingerprint density at radius 2 is 1.95 bits per heavy atom. The van der Waals surface area contributed by atoms with Crippen LogP contribution >= 0.6 is 0 Å². The summed E-state index contributed by atoms with van der Waals surface area (Å²) >= 11 is 0. The minimum absolute atomic E-state index is 0.152. The van der Waals surface area contributed by atoms with E-state index in [1.807, 2.05) is 30.3 Å². The molecule has 1 atom stereocenters. The van der Waals surface area contributed by atoms with Gasteiger partial charge in [-0.25, -0.2) is 0 Å². The van der Waals surface area contributed by atoms with Crippen LogP contribution in [0, 0.1) is 6.92 Å². The summed E-state index contributed by atoms with van der Waals surface area (Å²) in [4.78, 5) is 12.0. The van der Waals surface area contributed by atoms with Crippen LogP contribution in [0.2, 0.25) is 0 Å². The second-order valence-electron chi connectivity index (χ2n) is 4.79. The van der Waals surface area contributed by atoms with Crippen molar-refractivity contribution in [1.29, 1.82) is 0 Å². The molecule has 0 aromatic heterocycles. The van der Waals surface area contributed by atoms with Crippen molar-refractivity contribution < 1.29 is 9.90 Å². The summed E-state index contributed by atoms with van der Waals surface area (Å²) in [7, 11) is 0. The third-order valence-corrected chi connectivity index (χ3v) is 3.11. The van der Waals surface area contributed by atoms with E-state index in [2.05, 4.69) is 5.32 Å². The molecular formula is C16H18N2O2. The minimum atomic E-state index is -0.624. The number of rotatable bonds is 4. The van der Waals surface area contributed by atoms with E-state index in [0.29, 0.717) is 12.1 Å². The number of nitrogens with one attached hydrogen (secondary N) is 1. The van der Waals surface area contributed by atoms with Crippen LogP contribution in [-0.4, -0.2) is 17.1 Å². The normalized spacial score (nSPS) is 11.9. The highest BCUT2D eigenvalue weighted by Gasteiger charge is 2.14. The summed E-state index contributed by atoms with van der Waals surface area (Å²) in [6.45, 7) is 1.79. The van der Waals surface area contributed by atoms with Crippen molar-refractivity contribution in [1.82, 2.24) is 0 Å². The SMILES string of the molecule is Cc1ccc(NC(=O)C(N)Cc2ccccc2)cc1O. The maximum absolute atomic E-state index is 12.0. The molecular weight excluding hydrogens is 252 g/mol. The highest BCUT2D eigenvalue weighted by atomic mass is 16.3. The molecule has 1 unspecified atom stereocenters. The first-order valence-electron chi connectivity index (χ1n) is 6.46. The number of anilines is 1. The van der Waals surface area contributed by atoms with Crippen LogP contribution in [0.3, 0.4) is 0 Å². The number of carbonyl (C=O) groups excluding carboxylic acids is 1. The predicted molar refractivity (Wildman–Crippen MR) is 79.6 cm³/mol. The summed E-state index contributed by atoms with van der Waals surface area (Å²) in [5.74, 6) is -0.114. The molecule has 0 radical (unpaired) electrons. The molecule has 0 saturated carbocycles. The topological polar surface area (TPSA) is 75.4 Å². The molecule has 20 heavy (non-hydrogen) atoms. The molecule has 4 heteroatoms. The van der Waals surface area contributed by atoms with Crippen LogP contribution in [-0.2, 0) is 11.2 Å². The van der Waals surface area contributed by atoms with Crippen LogP contribution in [0.25, 0.3) is 0 Å². The first kappa shape index (κ1) is 14.1. The fraction of sp³-hybridized carbons (Fsp3) is 0.188. The molecule has 4 N–H and O–H groups in total. The Morgan fingerprint density at radius 1 is 1.25 bits per heavy atom. The smallest absolute Gasteiger partial charge is 0.241 e. The van der Waals surface area contributed by atoms with Gasteiger partial charge in [0.25, 0.3) is 0 Å². The Balaban J connectivity index is 1.99. The summed E-state index contributed by atoms with van der Waals surface area (Å²) in [5, 5.41) is 12.3. The van der Waals surface area contributed by atoms with E-state index in [4.69, 9.17) is 5.73 Å². The second kappa shape index (κ2) is 6.21. The van der Waals surface area contributed by atoms with Crippen LogP contribution in [0.4, 0.5) is 5.69 Å². The summed E-state index contributed by atoms with van der Waals surface area (Å²) in [5.41, 5.74) is 8.21. The second-order valence-corrected chi connectivity index (χ2v) is 4.79. The standard InChI is InChI=1S/C16H18N2O2/c1-11-7-8-13(10-15(11)19)18-16(20)14(17)9-12-5-3-2-4-6-12/h2-8,10,14,19H,9,17H2,1H3,(H,18,20). The number of amides is 1. The number of nitrogens with two attached hydrogens (primary N) is 1. The fourth-order valence-electron chi connectivity index (χ4n) is 1.88. The average molecular weight is 270 g/mol. The molecule has 0 aliphatic rings. The number of aromatic hydroxyl groups is 1. The summed E-state index contributed by atoms with van der Waals surface area (Å²) in [6.07, 6.45) is 0.477. The predicted octanol–water partition coefficient (Wildman–Crippen LogP) is 2.21. The molecule has 2 aromatic carbocycles. The lowest BCUT2D eigenvalue weighted by molar-refractivity contribution is -0.117. The highest BCUT2D eigenvalue weighted by molar-refractivity contribution is 5.95. The lowest BCUT2D eigenvalue weighted by Gasteiger charge is -2.13. The van der Waals surface area contributed by atoms with Gasteiger partial charge in [0.15, 0.2) is 0 Å². The molecule has 0 aliphatic carbocycles. The molecule has 2 rings (SSSR count). The number of aryl methyl sites for hydroxylation is 1. The van der Waals surface area contributed by atoms with Crippen LogP contribution in [0.15, 0.2) is 48.5 Å². The fourth-order valence-corrected chi connectivity index (χ4v) is 1.88. The maximum Gasteiger partial charge on any atom is 0.241 e. The van der Waals surface area contributed by atoms with Gasteiger partial charge in [-0.05, 0) is 30.5 Å². The zero-order valence-electron chi connectivity index (χ0n) is 11.3. The van der Waals surface area contributed by atoms with Crippen molar-refractivity contribution in [3.63, 3.8) is 0 Å². The number of phenolic OH excluding ortho intramolecular Hbond substituents is 1. The monoisotopic (exact) mass is 270 g/mol. The van der Waals surface area contributed by atoms with Gasteiger partial charge in [0.2, 0.25) is 5.91 Å². The first-order valence-corrected chi connectivity index (χ1v) is 6.46. The Morgan fingerprint density at radius 3 is 2.60 bits per heavy atom. The van der Waals surface area contributed by atoms with Gasteiger partial charge < -0.3 is 16.2 Å². The lowest BCUT2D eigenvalue weighted by atomic mass is 10.1. The van der Waals surface area contributed by atoms with E-state index in [-0.39, 0.29) is 11.7 Å². The van der Waals surface area contributed by atoms with Gasteiger partial charge >= 0.3 is 0 Å². The Bertz CT molecular complexity index is 597. The van der Waals surface area contributed by atoms with E-state index < -0.39 is 6.04 Å². The molecule has 104 valence electrons. The van der Waals surface area contributed by atoms with Crippen molar-refractivity contribution >= 4 is 11.6 Å². The van der Waals surface area contributed by atoms with Crippen LogP contribution in [0.1, 0.15) is 11.1 Å². The van der Waals surface area contributed by atoms with Crippen molar-refractivity contribution in [2.75, 3.05) is 5.32 Å². The van der Waals surface area contributed by atoms with Gasteiger partial charge in [0.05, 0.1) is 6.04 Å². The molecule has 2 aromatic rings. The Hall–Kier alpha value is -2.33. The van der Waals surface area contributed by atoms with Crippen molar-refractivity contribution in [2.45, 2.75) is 19.4 Å². The first-order chi connectivity index (χ1) is 9.56. The molecule has 0 spiro atoms. The van der Waals surface area contributed by atoms with E-state index in [1.54, 1.807) is 19.1 Å². The third kappa shape index (κ3) is 3.59. The molecule has 0 saturated heterocycles. The van der Waals surface area contributed by atoms with E-state index in [0.717, 1.165) is 11.1 Å². The lowest BCUT2D eigenvalue weighted by Crippen LogP contribution is -2.37. The molecule has 0 fully saturated rings. The van der Waals surface area contributed by atoms with Crippen LogP contribution in [0.5, 0.6) is 5.75 Å². The quantitative estimate of drug-likeness (QED) is 0.797. The Kier molecular flexibility index (Phi) is 4.38. The van der Waals surface area contributed by atoms with E-state index in [1.165, 1.54) is 6.07 Å². The van der Waals surface area contributed by atoms with Gasteiger partial charge in [0, 0.05) is 11.8 Å². The number of hydrogen-bond donors (Lipinski definition) is 3. The maximum atomic E-state index is 12.0. The zero-order chi connectivity index (χ0) is 14.5. The Labute approximate surface area is 118 Å². The summed E-state index contributed by atoms with van der Waals surface area (Å²) < 4.78 is 0. The van der Waals surface area contributed by atoms with Gasteiger partial charge in [-0.3, -0.25) is 4.79 Å². The molecule has 0 aliphatic heterocycles. The number of carbonyl (C=O) groups is 1. The van der Waals surface area contributed by atoms with E-state index in [9.17, 15) is 9.90 Å². The number of benzene rings is 2. The van der Waals surface area contributed by atoms with Gasteiger partial charge in [-0.15, -0.1) is 0 Å². The highest BCUT2D eigenvalue weighted by Crippen LogP contribution is 2.20. The molecule has 0 heterocycles. The van der Waals surface area contributed by atoms with Crippen molar-refractivity contribution in [3.8, 4) is 5.75 Å². The largest absolute Gasteiger partial charge is 0.508 e. The average Bonchev–Trinajstić information content (AvgIpc) is 2.44. The van der Waals surface area contributed by atoms with Gasteiger partial charge in [0.1, 0.15) is 5.75 Å². The van der Waals surface area contributed by atoms with E-state index >= 15 is 0 Å². The third-order valence-electron chi connectivity index (χ3n) is 3.11. The van der Waals surface area contributed by atoms with Gasteiger partial charge in [-0.1, -0.05) is 36.4 Å². The minimum Gasteiger partial charge on any atom is -0.508 e. The summed E-state index contributed by atoms with van der Waals surface area (Å²) in [6, 6.07) is 14.0. The van der Waals surface area contributed by atoms with Crippen molar-refractivity contribution in [3.05, 3.63) is 59.7 Å². The number of hydrogen-bond acceptors (Lipinski definition) is 3. The molecule has 4 nitrogen and oxygen atoms in total. The number of phenols is 1. The van der Waals surface area contributed by atoms with Gasteiger partial charge in [-0.2, -0.15) is 0 Å². The molecule has 0 bridgehead atoms. The molecule has 1 amide bonds.